The molecule has 2 aromatic heterocycles. The Balaban J connectivity index is 1.38. The monoisotopic (exact) mass is 410 g/mol. The lowest BCUT2D eigenvalue weighted by Gasteiger charge is -2.34. The zero-order chi connectivity index (χ0) is 20.2. The van der Waals surface area contributed by atoms with E-state index in [0.29, 0.717) is 24.6 Å². The predicted molar refractivity (Wildman–Crippen MR) is 115 cm³/mol. The van der Waals surface area contributed by atoms with Gasteiger partial charge in [-0.05, 0) is 35.9 Å². The zero-order valence-corrected chi connectivity index (χ0v) is 17.2. The molecule has 1 saturated heterocycles. The molecule has 1 amide bonds. The quantitative estimate of drug-likeness (QED) is 0.602. The van der Waals surface area contributed by atoms with Crippen molar-refractivity contribution < 1.29 is 14.3 Å². The van der Waals surface area contributed by atoms with Crippen molar-refractivity contribution in [2.45, 2.75) is 0 Å². The van der Waals surface area contributed by atoms with Gasteiger partial charge in [-0.1, -0.05) is 11.3 Å². The lowest BCUT2D eigenvalue weighted by Crippen LogP contribution is -2.48. The number of hydrogen-bond acceptors (Lipinski definition) is 7. The number of fused-ring (bicyclic) bond motifs is 1. The highest BCUT2D eigenvalue weighted by atomic mass is 32.1. The Hall–Kier alpha value is -3.13. The summed E-state index contributed by atoms with van der Waals surface area (Å²) >= 11 is 1.59. The molecule has 150 valence electrons. The van der Waals surface area contributed by atoms with Gasteiger partial charge in [-0.15, -0.1) is 0 Å². The Morgan fingerprint density at radius 1 is 1.10 bits per heavy atom. The molecule has 0 radical (unpaired) electrons. The van der Waals surface area contributed by atoms with Gasteiger partial charge in [0.15, 0.2) is 5.13 Å². The van der Waals surface area contributed by atoms with Crippen LogP contribution in [0.1, 0.15) is 5.56 Å². The molecule has 0 saturated carbocycles. The number of carbonyl (C=O) groups excluding carboxylic acids is 1. The minimum absolute atomic E-state index is 0.00240. The van der Waals surface area contributed by atoms with Crippen molar-refractivity contribution in [3.05, 3.63) is 48.2 Å². The normalized spacial score (nSPS) is 14.6. The van der Waals surface area contributed by atoms with Crippen molar-refractivity contribution in [1.29, 1.82) is 0 Å². The van der Waals surface area contributed by atoms with E-state index in [1.165, 1.54) is 0 Å². The van der Waals surface area contributed by atoms with Crippen LogP contribution in [0.15, 0.2) is 42.6 Å². The third-order valence-electron chi connectivity index (χ3n) is 4.81. The molecule has 1 aliphatic rings. The second kappa shape index (κ2) is 8.48. The van der Waals surface area contributed by atoms with Crippen LogP contribution in [-0.4, -0.2) is 61.2 Å². The molecule has 0 spiro atoms. The number of anilines is 1. The maximum atomic E-state index is 12.6. The first-order chi connectivity index (χ1) is 14.2. The van der Waals surface area contributed by atoms with Gasteiger partial charge in [0.25, 0.3) is 0 Å². The van der Waals surface area contributed by atoms with Gasteiger partial charge in [-0.3, -0.25) is 4.79 Å². The Morgan fingerprint density at radius 2 is 1.83 bits per heavy atom. The van der Waals surface area contributed by atoms with E-state index in [1.807, 2.05) is 29.2 Å². The van der Waals surface area contributed by atoms with Crippen molar-refractivity contribution in [3.63, 3.8) is 0 Å². The van der Waals surface area contributed by atoms with Crippen LogP contribution in [0.4, 0.5) is 5.13 Å². The number of ether oxygens (including phenoxy) is 2. The van der Waals surface area contributed by atoms with E-state index >= 15 is 0 Å². The van der Waals surface area contributed by atoms with Crippen molar-refractivity contribution in [1.82, 2.24) is 14.9 Å². The maximum Gasteiger partial charge on any atom is 0.246 e. The van der Waals surface area contributed by atoms with Gasteiger partial charge < -0.3 is 19.3 Å². The van der Waals surface area contributed by atoms with Gasteiger partial charge in [0, 0.05) is 44.5 Å². The standard InChI is InChI=1S/C21H22N4O3S/c1-27-16-12-15(13-17(14-16)28-2)5-6-19(26)24-8-10-25(11-9-24)21-23-18-4-3-7-22-20(18)29-21/h3-7,12-14H,8-11H2,1-2H3/b6-5+. The average molecular weight is 410 g/mol. The van der Waals surface area contributed by atoms with Gasteiger partial charge in [0.2, 0.25) is 5.91 Å². The Bertz CT molecular complexity index is 986. The summed E-state index contributed by atoms with van der Waals surface area (Å²) in [6.45, 7) is 2.83. The number of nitrogens with zero attached hydrogens (tertiary/aromatic N) is 4. The minimum atomic E-state index is -0.00240. The lowest BCUT2D eigenvalue weighted by atomic mass is 10.2. The van der Waals surface area contributed by atoms with E-state index in [1.54, 1.807) is 50.0 Å². The second-order valence-corrected chi connectivity index (χ2v) is 7.57. The summed E-state index contributed by atoms with van der Waals surface area (Å²) in [5.41, 5.74) is 1.78. The SMILES string of the molecule is COc1cc(/C=C/C(=O)N2CCN(c3nc4cccnc4s3)CC2)cc(OC)c1. The Labute approximate surface area is 173 Å². The highest BCUT2D eigenvalue weighted by molar-refractivity contribution is 7.21. The first-order valence-electron chi connectivity index (χ1n) is 9.33. The number of amides is 1. The number of hydrogen-bond donors (Lipinski definition) is 0. The first-order valence-corrected chi connectivity index (χ1v) is 10.1. The summed E-state index contributed by atoms with van der Waals surface area (Å²) in [7, 11) is 3.21. The third kappa shape index (κ3) is 4.32. The molecule has 4 rings (SSSR count). The third-order valence-corrected chi connectivity index (χ3v) is 5.85. The summed E-state index contributed by atoms with van der Waals surface area (Å²) < 4.78 is 10.5. The van der Waals surface area contributed by atoms with E-state index in [0.717, 1.165) is 34.1 Å². The summed E-state index contributed by atoms with van der Waals surface area (Å²) in [6.07, 6.45) is 5.18. The van der Waals surface area contributed by atoms with Crippen LogP contribution < -0.4 is 14.4 Å². The van der Waals surface area contributed by atoms with Crippen LogP contribution in [0.5, 0.6) is 11.5 Å². The lowest BCUT2D eigenvalue weighted by molar-refractivity contribution is -0.126. The van der Waals surface area contributed by atoms with E-state index in [-0.39, 0.29) is 5.91 Å². The number of rotatable bonds is 5. The average Bonchev–Trinajstić information content (AvgIpc) is 3.21. The summed E-state index contributed by atoms with van der Waals surface area (Å²) in [5.74, 6) is 1.38. The highest BCUT2D eigenvalue weighted by Gasteiger charge is 2.22. The van der Waals surface area contributed by atoms with Crippen molar-refractivity contribution >= 4 is 38.8 Å². The van der Waals surface area contributed by atoms with Crippen LogP contribution in [0.2, 0.25) is 0 Å². The van der Waals surface area contributed by atoms with Gasteiger partial charge in [0.1, 0.15) is 21.8 Å². The molecule has 8 heteroatoms. The van der Waals surface area contributed by atoms with E-state index in [2.05, 4.69) is 14.9 Å². The number of methoxy groups -OCH3 is 2. The summed E-state index contributed by atoms with van der Waals surface area (Å²) in [5, 5.41) is 0.963. The molecule has 1 aromatic carbocycles. The number of piperazine rings is 1. The van der Waals surface area contributed by atoms with Crippen LogP contribution in [0, 0.1) is 0 Å². The molecule has 1 aliphatic heterocycles. The van der Waals surface area contributed by atoms with E-state index in [4.69, 9.17) is 9.47 Å². The van der Waals surface area contributed by atoms with Crippen LogP contribution in [0.3, 0.4) is 0 Å². The van der Waals surface area contributed by atoms with Crippen molar-refractivity contribution in [2.24, 2.45) is 0 Å². The second-order valence-electron chi connectivity index (χ2n) is 6.62. The van der Waals surface area contributed by atoms with Gasteiger partial charge in [-0.2, -0.15) is 0 Å². The van der Waals surface area contributed by atoms with Gasteiger partial charge in [-0.25, -0.2) is 9.97 Å². The molecule has 0 atom stereocenters. The minimum Gasteiger partial charge on any atom is -0.497 e. The maximum absolute atomic E-state index is 12.6. The van der Waals surface area contributed by atoms with Gasteiger partial charge in [0.05, 0.1) is 14.2 Å². The molecule has 29 heavy (non-hydrogen) atoms. The molecular weight excluding hydrogens is 388 g/mol. The van der Waals surface area contributed by atoms with Gasteiger partial charge >= 0.3 is 0 Å². The molecule has 1 fully saturated rings. The summed E-state index contributed by atoms with van der Waals surface area (Å²) in [6, 6.07) is 9.40. The fourth-order valence-electron chi connectivity index (χ4n) is 3.21. The van der Waals surface area contributed by atoms with Crippen molar-refractivity contribution in [3.8, 4) is 11.5 Å². The highest BCUT2D eigenvalue weighted by Crippen LogP contribution is 2.28. The molecule has 3 aromatic rings. The molecule has 0 N–H and O–H groups in total. The Kier molecular flexibility index (Phi) is 5.62. The number of benzene rings is 1. The Morgan fingerprint density at radius 3 is 2.48 bits per heavy atom. The van der Waals surface area contributed by atoms with Crippen LogP contribution in [0.25, 0.3) is 16.4 Å². The predicted octanol–water partition coefficient (Wildman–Crippen LogP) is 3.07. The number of pyridine rings is 1. The number of aromatic nitrogens is 2. The van der Waals surface area contributed by atoms with E-state index in [9.17, 15) is 4.79 Å². The molecule has 0 bridgehead atoms. The van der Waals surface area contributed by atoms with E-state index < -0.39 is 0 Å². The fourth-order valence-corrected chi connectivity index (χ4v) is 4.17. The molecular formula is C21H22N4O3S. The summed E-state index contributed by atoms with van der Waals surface area (Å²) in [4.78, 5) is 26.6. The molecule has 7 nitrogen and oxygen atoms in total. The zero-order valence-electron chi connectivity index (χ0n) is 16.4. The smallest absolute Gasteiger partial charge is 0.246 e. The molecule has 0 aliphatic carbocycles. The molecule has 3 heterocycles. The van der Waals surface area contributed by atoms with Crippen LogP contribution in [-0.2, 0) is 4.79 Å². The molecule has 0 unspecified atom stereocenters. The van der Waals surface area contributed by atoms with Crippen molar-refractivity contribution in [2.75, 3.05) is 45.3 Å². The number of thiazole rings is 1. The first kappa shape index (κ1) is 19.2. The largest absolute Gasteiger partial charge is 0.497 e. The topological polar surface area (TPSA) is 67.8 Å². The number of carbonyl (C=O) groups is 1. The fraction of sp³-hybridized carbons (Fsp3) is 0.286. The van der Waals surface area contributed by atoms with Crippen LogP contribution >= 0.6 is 11.3 Å².